The Hall–Kier alpha value is -2.23. The Kier molecular flexibility index (Phi) is 11.5. The molecule has 0 aliphatic rings. The summed E-state index contributed by atoms with van der Waals surface area (Å²) in [4.78, 5) is 33.7. The fraction of sp³-hybridized carbons (Fsp3) is 0.824. The molecule has 0 saturated carbocycles. The number of amides is 3. The van der Waals surface area contributed by atoms with E-state index in [-0.39, 0.29) is 23.8 Å². The van der Waals surface area contributed by atoms with Crippen LogP contribution in [0.5, 0.6) is 0 Å². The van der Waals surface area contributed by atoms with Crippen LogP contribution in [0.3, 0.4) is 0 Å². The molecule has 0 aromatic carbocycles. The lowest BCUT2D eigenvalue weighted by Crippen LogP contribution is -2.57. The summed E-state index contributed by atoms with van der Waals surface area (Å²) in [7, 11) is 0. The molecule has 0 aliphatic carbocycles. The SMILES string of the molecule is CCN(CC)C(=O)C(F)(F)OC(F)(F)C(F)(F)OC(F)(F)C(=O)NCCCCCNC(C)=O. The zero-order valence-corrected chi connectivity index (χ0v) is 18.0. The maximum absolute atomic E-state index is 13.6. The Balaban J connectivity index is 4.99. The van der Waals surface area contributed by atoms with Crippen LogP contribution in [-0.4, -0.2) is 73.2 Å². The van der Waals surface area contributed by atoms with E-state index >= 15 is 0 Å². The van der Waals surface area contributed by atoms with Crippen LogP contribution in [0.25, 0.3) is 0 Å². The van der Waals surface area contributed by atoms with Crippen LogP contribution in [0.4, 0.5) is 35.1 Å². The van der Waals surface area contributed by atoms with Crippen LogP contribution in [0, 0.1) is 0 Å². The molecule has 0 saturated heterocycles. The molecule has 0 spiro atoms. The Labute approximate surface area is 183 Å². The smallest absolute Gasteiger partial charge is 0.356 e. The molecule has 8 nitrogen and oxygen atoms in total. The molecule has 194 valence electrons. The van der Waals surface area contributed by atoms with Gasteiger partial charge in [-0.3, -0.25) is 14.4 Å². The van der Waals surface area contributed by atoms with Crippen LogP contribution >= 0.6 is 0 Å². The molecule has 0 aromatic rings. The number of halogens is 8. The molecule has 0 aromatic heterocycles. The van der Waals surface area contributed by atoms with E-state index in [1.54, 1.807) is 0 Å². The van der Waals surface area contributed by atoms with Crippen LogP contribution in [0.2, 0.25) is 0 Å². The number of alkyl halides is 8. The monoisotopic (exact) mass is 503 g/mol. The number of carbonyl (C=O) groups is 3. The standard InChI is InChI=1S/C17H25F8N3O5/c1-4-28(5-2)13(31)15(20,21)33-17(24,25)16(22,23)32-14(18,19)12(30)27-10-8-6-7-9-26-11(3)29/h4-10H2,1-3H3,(H,26,29)(H,27,30). The predicted molar refractivity (Wildman–Crippen MR) is 95.4 cm³/mol. The number of hydrogen-bond donors (Lipinski definition) is 2. The van der Waals surface area contributed by atoms with E-state index in [0.717, 1.165) is 0 Å². The molecule has 0 rings (SSSR count). The van der Waals surface area contributed by atoms with Crippen molar-refractivity contribution in [1.82, 2.24) is 15.5 Å². The number of unbranched alkanes of at least 4 members (excludes halogenated alkanes) is 2. The molecule has 0 bridgehead atoms. The number of ether oxygens (including phenoxy) is 2. The highest BCUT2D eigenvalue weighted by Crippen LogP contribution is 2.43. The number of rotatable bonds is 15. The van der Waals surface area contributed by atoms with Crippen molar-refractivity contribution in [2.45, 2.75) is 64.5 Å². The van der Waals surface area contributed by atoms with Gasteiger partial charge in [0.25, 0.3) is 0 Å². The molecule has 0 heterocycles. The quantitative estimate of drug-likeness (QED) is 0.265. The number of hydrogen-bond acceptors (Lipinski definition) is 5. The minimum absolute atomic E-state index is 0.0523. The summed E-state index contributed by atoms with van der Waals surface area (Å²) in [5.41, 5.74) is 0. The van der Waals surface area contributed by atoms with Gasteiger partial charge in [-0.15, -0.1) is 0 Å². The highest BCUT2D eigenvalue weighted by atomic mass is 19.3. The zero-order chi connectivity index (χ0) is 26.1. The maximum Gasteiger partial charge on any atom is 0.453 e. The Morgan fingerprint density at radius 1 is 0.727 bits per heavy atom. The summed E-state index contributed by atoms with van der Waals surface area (Å²) in [6, 6.07) is 0. The van der Waals surface area contributed by atoms with Crippen molar-refractivity contribution < 1.29 is 59.0 Å². The number of likely N-dealkylation sites (N-methyl/N-ethyl adjacent to an activating group) is 1. The third-order valence-corrected chi connectivity index (χ3v) is 3.93. The summed E-state index contributed by atoms with van der Waals surface area (Å²) < 4.78 is 114. The Bertz CT molecular complexity index is 675. The minimum Gasteiger partial charge on any atom is -0.356 e. The summed E-state index contributed by atoms with van der Waals surface area (Å²) in [6.45, 7) is 2.54. The van der Waals surface area contributed by atoms with Gasteiger partial charge >= 0.3 is 36.2 Å². The highest BCUT2D eigenvalue weighted by molar-refractivity contribution is 5.82. The number of nitrogens with zero attached hydrogens (tertiary/aromatic N) is 1. The third-order valence-electron chi connectivity index (χ3n) is 3.93. The largest absolute Gasteiger partial charge is 0.453 e. The van der Waals surface area contributed by atoms with Gasteiger partial charge in [-0.25, -0.2) is 9.47 Å². The molecular formula is C17H25F8N3O5. The second-order valence-electron chi connectivity index (χ2n) is 6.55. The first-order valence-electron chi connectivity index (χ1n) is 9.67. The van der Waals surface area contributed by atoms with Crippen molar-refractivity contribution >= 4 is 17.7 Å². The van der Waals surface area contributed by atoms with E-state index in [1.807, 2.05) is 0 Å². The van der Waals surface area contributed by atoms with Crippen molar-refractivity contribution in [3.8, 4) is 0 Å². The average Bonchev–Trinajstić information content (AvgIpc) is 2.65. The fourth-order valence-corrected chi connectivity index (χ4v) is 2.22. The molecule has 0 aliphatic heterocycles. The van der Waals surface area contributed by atoms with Gasteiger partial charge in [0.2, 0.25) is 5.91 Å². The summed E-state index contributed by atoms with van der Waals surface area (Å²) in [5, 5.41) is 3.90. The summed E-state index contributed by atoms with van der Waals surface area (Å²) >= 11 is 0. The van der Waals surface area contributed by atoms with Crippen LogP contribution in [-0.2, 0) is 23.9 Å². The van der Waals surface area contributed by atoms with Crippen LogP contribution in [0.1, 0.15) is 40.0 Å². The highest BCUT2D eigenvalue weighted by Gasteiger charge is 2.69. The third kappa shape index (κ3) is 9.65. The van der Waals surface area contributed by atoms with Crippen molar-refractivity contribution in [2.75, 3.05) is 26.2 Å². The van der Waals surface area contributed by atoms with Gasteiger partial charge in [0.1, 0.15) is 0 Å². The van der Waals surface area contributed by atoms with Gasteiger partial charge in [0.05, 0.1) is 0 Å². The fourth-order valence-electron chi connectivity index (χ4n) is 2.22. The molecule has 2 N–H and O–H groups in total. The maximum atomic E-state index is 13.6. The minimum atomic E-state index is -6.43. The number of carbonyl (C=O) groups excluding carboxylic acids is 3. The van der Waals surface area contributed by atoms with Gasteiger partial charge in [0, 0.05) is 33.1 Å². The normalized spacial score (nSPS) is 12.9. The summed E-state index contributed by atoms with van der Waals surface area (Å²) in [5.74, 6) is -5.26. The van der Waals surface area contributed by atoms with Crippen LogP contribution in [0.15, 0.2) is 0 Å². The van der Waals surface area contributed by atoms with Crippen molar-refractivity contribution in [2.24, 2.45) is 0 Å². The van der Waals surface area contributed by atoms with Gasteiger partial charge in [-0.1, -0.05) is 0 Å². The van der Waals surface area contributed by atoms with Gasteiger partial charge < -0.3 is 15.5 Å². The first-order valence-corrected chi connectivity index (χ1v) is 9.67. The van der Waals surface area contributed by atoms with Crippen molar-refractivity contribution in [3.63, 3.8) is 0 Å². The molecule has 0 fully saturated rings. The molecule has 16 heteroatoms. The van der Waals surface area contributed by atoms with Crippen LogP contribution < -0.4 is 10.6 Å². The van der Waals surface area contributed by atoms with E-state index < -0.39 is 55.9 Å². The molecule has 33 heavy (non-hydrogen) atoms. The lowest BCUT2D eigenvalue weighted by atomic mass is 10.2. The second-order valence-corrected chi connectivity index (χ2v) is 6.55. The van der Waals surface area contributed by atoms with E-state index in [1.165, 1.54) is 26.1 Å². The van der Waals surface area contributed by atoms with E-state index in [4.69, 9.17) is 0 Å². The van der Waals surface area contributed by atoms with Crippen molar-refractivity contribution in [1.29, 1.82) is 0 Å². The Morgan fingerprint density at radius 3 is 1.58 bits per heavy atom. The lowest BCUT2D eigenvalue weighted by molar-refractivity contribution is -0.500. The molecule has 0 radical (unpaired) electrons. The van der Waals surface area contributed by atoms with E-state index in [2.05, 4.69) is 14.8 Å². The molecular weight excluding hydrogens is 478 g/mol. The van der Waals surface area contributed by atoms with Gasteiger partial charge in [-0.05, 0) is 33.1 Å². The first-order chi connectivity index (χ1) is 14.9. The van der Waals surface area contributed by atoms with Gasteiger partial charge in [-0.2, -0.15) is 35.1 Å². The van der Waals surface area contributed by atoms with E-state index in [0.29, 0.717) is 12.8 Å². The number of nitrogens with one attached hydrogen (secondary N) is 2. The second kappa shape index (κ2) is 12.3. The average molecular weight is 503 g/mol. The summed E-state index contributed by atoms with van der Waals surface area (Å²) in [6.07, 6.45) is -23.2. The van der Waals surface area contributed by atoms with Gasteiger partial charge in [0.15, 0.2) is 0 Å². The zero-order valence-electron chi connectivity index (χ0n) is 18.0. The topological polar surface area (TPSA) is 97.0 Å². The lowest BCUT2D eigenvalue weighted by Gasteiger charge is -2.31. The Morgan fingerprint density at radius 2 is 1.15 bits per heavy atom. The van der Waals surface area contributed by atoms with Crippen molar-refractivity contribution in [3.05, 3.63) is 0 Å². The molecule has 0 atom stereocenters. The molecule has 3 amide bonds. The van der Waals surface area contributed by atoms with E-state index in [9.17, 15) is 49.5 Å². The predicted octanol–water partition coefficient (Wildman–Crippen LogP) is 2.68. The molecule has 0 unspecified atom stereocenters. The first kappa shape index (κ1) is 30.8.